The standard InChI is InChI=1S/C32H29N5O7S2.C26H34N4O2S/c1-5-27(38)20-11-13-25(14-12-20)44-32-28(21-9-7-6-8-10-21)26(18-33)30-34-29(19(2)31(39)37(30)32)22-15-23(35-45(3,40)41)17-24(16-22)36-46(4,42)43;1-3-4-5-6-7-8-9-10-11-15-18-30(2)26(31)32-25-23(21-16-13-12-14-17-21)29-24(33-25)22(19-27)20-28/h6-17,34-36H,5H2,1-4H3;12-14,16-17,22H,3-11,15,18H2,1-2H3. The quantitative estimate of drug-likeness (QED) is 0.0376. The fraction of sp³-hybridized carbons (Fsp3) is 0.328. The van der Waals surface area contributed by atoms with Gasteiger partial charge in [0.1, 0.15) is 33.7 Å². The van der Waals surface area contributed by atoms with Crippen LogP contribution in [0.25, 0.3) is 39.3 Å². The number of benzene rings is 4. The molecule has 79 heavy (non-hydrogen) atoms. The molecular formula is C58H63N9O9S3. The largest absolute Gasteiger partial charge is 0.440 e. The molecule has 0 aliphatic carbocycles. The molecule has 412 valence electrons. The van der Waals surface area contributed by atoms with Crippen LogP contribution in [-0.4, -0.2) is 74.1 Å². The number of aromatic nitrogens is 3. The molecule has 0 saturated heterocycles. The molecule has 3 N–H and O–H groups in total. The van der Waals surface area contributed by atoms with Crippen molar-refractivity contribution >= 4 is 60.3 Å². The van der Waals surface area contributed by atoms with Crippen LogP contribution >= 0.6 is 11.3 Å². The van der Waals surface area contributed by atoms with Crippen molar-refractivity contribution < 1.29 is 35.9 Å². The maximum Gasteiger partial charge on any atom is 0.415 e. The van der Waals surface area contributed by atoms with Gasteiger partial charge in [-0.25, -0.2) is 31.0 Å². The van der Waals surface area contributed by atoms with E-state index >= 15 is 0 Å². The second-order valence-electron chi connectivity index (χ2n) is 18.8. The Kier molecular flexibility index (Phi) is 21.1. The number of unbranched alkanes of at least 4 members (excludes halogenated alkanes) is 9. The molecular weight excluding hydrogens is 1060 g/mol. The van der Waals surface area contributed by atoms with Crippen LogP contribution in [0.15, 0.2) is 108 Å². The number of Topliss-reactive ketones (excluding diaryl/α,β-unsaturated/α-hetero) is 1. The van der Waals surface area contributed by atoms with E-state index in [1.807, 2.05) is 48.5 Å². The van der Waals surface area contributed by atoms with Crippen LogP contribution < -0.4 is 24.5 Å². The fourth-order valence-corrected chi connectivity index (χ4v) is 10.6. The third kappa shape index (κ3) is 16.4. The number of H-pyrrole nitrogens is 1. The second-order valence-corrected chi connectivity index (χ2v) is 23.3. The van der Waals surface area contributed by atoms with Crippen LogP contribution in [0.3, 0.4) is 0 Å². The zero-order chi connectivity index (χ0) is 57.3. The summed E-state index contributed by atoms with van der Waals surface area (Å²) in [5.41, 5.74) is 3.08. The molecule has 0 radical (unpaired) electrons. The lowest BCUT2D eigenvalue weighted by atomic mass is 10.0. The van der Waals surface area contributed by atoms with Crippen molar-refractivity contribution in [3.63, 3.8) is 0 Å². The van der Waals surface area contributed by atoms with Gasteiger partial charge in [-0.15, -0.1) is 0 Å². The minimum Gasteiger partial charge on any atom is -0.440 e. The van der Waals surface area contributed by atoms with Crippen LogP contribution in [0, 0.1) is 40.9 Å². The molecule has 3 heterocycles. The number of carbonyl (C=O) groups excluding carboxylic acids is 2. The third-order valence-corrected chi connectivity index (χ3v) is 14.7. The van der Waals surface area contributed by atoms with E-state index in [-0.39, 0.29) is 51.1 Å². The highest BCUT2D eigenvalue weighted by Gasteiger charge is 2.28. The molecule has 1 amide bonds. The van der Waals surface area contributed by atoms with Crippen molar-refractivity contribution in [1.29, 1.82) is 15.8 Å². The predicted molar refractivity (Wildman–Crippen MR) is 308 cm³/mol. The monoisotopic (exact) mass is 1130 g/mol. The van der Waals surface area contributed by atoms with Crippen LogP contribution in [0.4, 0.5) is 16.2 Å². The van der Waals surface area contributed by atoms with Gasteiger partial charge in [0.2, 0.25) is 31.0 Å². The number of fused-ring (bicyclic) bond motifs is 1. The number of ether oxygens (including phenoxy) is 2. The van der Waals surface area contributed by atoms with Gasteiger partial charge < -0.3 is 19.4 Å². The van der Waals surface area contributed by atoms with Crippen molar-refractivity contribution in [3.05, 3.63) is 135 Å². The van der Waals surface area contributed by atoms with Gasteiger partial charge >= 0.3 is 6.09 Å². The molecule has 0 aliphatic heterocycles. The molecule has 0 spiro atoms. The highest BCUT2D eigenvalue weighted by Crippen LogP contribution is 2.41. The van der Waals surface area contributed by atoms with Crippen molar-refractivity contribution in [1.82, 2.24) is 19.3 Å². The SMILES string of the molecule is CCC(=O)c1ccc(Oc2c(-c3ccccc3)c(C#N)c3[nH]c(-c4cc(NS(C)(=O)=O)cc(NS(C)(=O)=O)c4)c(C)c(=O)n23)cc1.CCCCCCCCCCCCN(C)C(=O)Oc1sc(C(C#N)C#N)nc1-c1ccccc1. The molecule has 3 aromatic heterocycles. The van der Waals surface area contributed by atoms with Gasteiger partial charge in [0.25, 0.3) is 5.56 Å². The first-order chi connectivity index (χ1) is 37.8. The fourth-order valence-electron chi connectivity index (χ4n) is 8.58. The van der Waals surface area contributed by atoms with Gasteiger partial charge in [-0.3, -0.25) is 19.0 Å². The number of thiazole rings is 1. The van der Waals surface area contributed by atoms with Crippen LogP contribution in [0.1, 0.15) is 117 Å². The molecule has 0 unspecified atom stereocenters. The molecule has 0 aliphatic rings. The van der Waals surface area contributed by atoms with Crippen molar-refractivity contribution in [2.24, 2.45) is 0 Å². The van der Waals surface area contributed by atoms with E-state index in [1.165, 1.54) is 80.9 Å². The Morgan fingerprint density at radius 1 is 0.759 bits per heavy atom. The number of carbonyl (C=O) groups is 2. The predicted octanol–water partition coefficient (Wildman–Crippen LogP) is 12.6. The molecule has 0 saturated carbocycles. The average Bonchev–Trinajstić information content (AvgIpc) is 4.22. The number of anilines is 2. The van der Waals surface area contributed by atoms with E-state index in [0.717, 1.165) is 42.3 Å². The lowest BCUT2D eigenvalue weighted by Crippen LogP contribution is -2.30. The summed E-state index contributed by atoms with van der Waals surface area (Å²) in [5.74, 6) is -0.642. The van der Waals surface area contributed by atoms with E-state index in [2.05, 4.69) is 32.4 Å². The number of nitrogens with zero attached hydrogens (tertiary/aromatic N) is 6. The highest BCUT2D eigenvalue weighted by molar-refractivity contribution is 7.92. The van der Waals surface area contributed by atoms with E-state index in [1.54, 1.807) is 67.4 Å². The van der Waals surface area contributed by atoms with Crippen molar-refractivity contribution in [2.45, 2.75) is 97.3 Å². The maximum absolute atomic E-state index is 14.1. The smallest absolute Gasteiger partial charge is 0.415 e. The highest BCUT2D eigenvalue weighted by atomic mass is 32.2. The first-order valence-corrected chi connectivity index (χ1v) is 30.4. The van der Waals surface area contributed by atoms with Gasteiger partial charge in [-0.2, -0.15) is 15.8 Å². The van der Waals surface area contributed by atoms with Gasteiger partial charge in [-0.1, -0.05) is 144 Å². The van der Waals surface area contributed by atoms with Crippen molar-refractivity contribution in [2.75, 3.05) is 35.5 Å². The summed E-state index contributed by atoms with van der Waals surface area (Å²) in [4.78, 5) is 48.1. The van der Waals surface area contributed by atoms with Gasteiger partial charge in [-0.05, 0) is 61.4 Å². The molecule has 0 fully saturated rings. The zero-order valence-electron chi connectivity index (χ0n) is 45.0. The first-order valence-electron chi connectivity index (χ1n) is 25.8. The first kappa shape index (κ1) is 59.9. The number of aromatic amines is 1. The number of hydrogen-bond acceptors (Lipinski definition) is 14. The number of nitrogens with one attached hydrogen (secondary N) is 3. The lowest BCUT2D eigenvalue weighted by molar-refractivity contribution is 0.0988. The van der Waals surface area contributed by atoms with Crippen molar-refractivity contribution in [3.8, 4) is 68.5 Å². The van der Waals surface area contributed by atoms with Crippen LogP contribution in [0.2, 0.25) is 0 Å². The number of hydrogen-bond donors (Lipinski definition) is 3. The van der Waals surface area contributed by atoms with Crippen LogP contribution in [-0.2, 0) is 20.0 Å². The Morgan fingerprint density at radius 2 is 1.30 bits per heavy atom. The molecule has 21 heteroatoms. The summed E-state index contributed by atoms with van der Waals surface area (Å²) in [6.07, 6.45) is 14.2. The third-order valence-electron chi connectivity index (χ3n) is 12.5. The Labute approximate surface area is 465 Å². The summed E-state index contributed by atoms with van der Waals surface area (Å²) in [6.45, 7) is 6.17. The molecule has 4 aromatic carbocycles. The number of nitriles is 3. The zero-order valence-corrected chi connectivity index (χ0v) is 47.4. The summed E-state index contributed by atoms with van der Waals surface area (Å²) < 4.78 is 66.0. The van der Waals surface area contributed by atoms with Gasteiger partial charge in [0, 0.05) is 42.3 Å². The minimum atomic E-state index is -3.75. The van der Waals surface area contributed by atoms with E-state index in [9.17, 15) is 47.0 Å². The van der Waals surface area contributed by atoms with E-state index < -0.39 is 37.6 Å². The minimum absolute atomic E-state index is 0.0401. The topological polar surface area (TPSA) is 270 Å². The summed E-state index contributed by atoms with van der Waals surface area (Å²) >= 11 is 1.08. The molecule has 18 nitrogen and oxygen atoms in total. The van der Waals surface area contributed by atoms with E-state index in [0.29, 0.717) is 51.2 Å². The second kappa shape index (κ2) is 27.8. The Hall–Kier alpha value is -8.29. The maximum atomic E-state index is 14.1. The Balaban J connectivity index is 0.000000271. The van der Waals surface area contributed by atoms with Crippen LogP contribution in [0.5, 0.6) is 16.7 Å². The van der Waals surface area contributed by atoms with E-state index in [4.69, 9.17) is 9.47 Å². The summed E-state index contributed by atoms with van der Waals surface area (Å²) in [6, 6.07) is 34.9. The average molecular weight is 1130 g/mol. The number of rotatable bonds is 24. The summed E-state index contributed by atoms with van der Waals surface area (Å²) in [5, 5.41) is 29.5. The Bertz CT molecular complexity index is 3620. The number of sulfonamides is 2. The summed E-state index contributed by atoms with van der Waals surface area (Å²) in [7, 11) is -5.78. The van der Waals surface area contributed by atoms with Gasteiger partial charge in [0.15, 0.2) is 11.7 Å². The lowest BCUT2D eigenvalue weighted by Gasteiger charge is -2.16. The number of amides is 1. The molecule has 7 rings (SSSR count). The number of ketones is 1. The Morgan fingerprint density at radius 3 is 1.82 bits per heavy atom. The molecule has 7 aromatic rings. The normalized spacial score (nSPS) is 11.2. The molecule has 0 bridgehead atoms. The molecule has 0 atom stereocenters. The van der Waals surface area contributed by atoms with Gasteiger partial charge in [0.05, 0.1) is 47.3 Å².